The van der Waals surface area contributed by atoms with Gasteiger partial charge >= 0.3 is 0 Å². The summed E-state index contributed by atoms with van der Waals surface area (Å²) in [6.45, 7) is 3.02. The fraction of sp³-hybridized carbons (Fsp3) is 0.333. The van der Waals surface area contributed by atoms with Gasteiger partial charge in [0.1, 0.15) is 5.75 Å². The second kappa shape index (κ2) is 7.46. The van der Waals surface area contributed by atoms with Gasteiger partial charge in [0.05, 0.1) is 7.11 Å². The molecule has 1 unspecified atom stereocenters. The van der Waals surface area contributed by atoms with Gasteiger partial charge in [-0.15, -0.1) is 11.3 Å². The lowest BCUT2D eigenvalue weighted by Crippen LogP contribution is -2.23. The van der Waals surface area contributed by atoms with Crippen LogP contribution in [0.25, 0.3) is 0 Å². The number of benzene rings is 1. The van der Waals surface area contributed by atoms with E-state index in [-0.39, 0.29) is 6.04 Å². The molecular weight excluding hydrogens is 358 g/mol. The molecule has 0 saturated heterocycles. The highest BCUT2D eigenvalue weighted by molar-refractivity contribution is 9.10. The van der Waals surface area contributed by atoms with E-state index in [2.05, 4.69) is 39.6 Å². The summed E-state index contributed by atoms with van der Waals surface area (Å²) in [5.74, 6) is 0.832. The first-order chi connectivity index (χ1) is 9.63. The van der Waals surface area contributed by atoms with Gasteiger partial charge in [-0.05, 0) is 40.7 Å². The van der Waals surface area contributed by atoms with Crippen LogP contribution < -0.4 is 10.1 Å². The third-order valence-corrected chi connectivity index (χ3v) is 5.00. The Morgan fingerprint density at radius 3 is 2.80 bits per heavy atom. The molecule has 1 N–H and O–H groups in total. The van der Waals surface area contributed by atoms with Gasteiger partial charge in [0, 0.05) is 37.8 Å². The lowest BCUT2D eigenvalue weighted by Gasteiger charge is -2.20. The Kier molecular flexibility index (Phi) is 5.90. The van der Waals surface area contributed by atoms with Gasteiger partial charge in [-0.3, -0.25) is 0 Å². The number of halogens is 2. The van der Waals surface area contributed by atoms with Crippen LogP contribution in [0.5, 0.6) is 5.75 Å². The Morgan fingerprint density at radius 2 is 2.20 bits per heavy atom. The highest BCUT2D eigenvalue weighted by atomic mass is 79.9. The molecule has 0 radical (unpaired) electrons. The second-order valence-electron chi connectivity index (χ2n) is 4.43. The Bertz CT molecular complexity index is 573. The number of rotatable bonds is 6. The zero-order valence-corrected chi connectivity index (χ0v) is 14.6. The predicted octanol–water partition coefficient (Wildman–Crippen LogP) is 5.07. The fourth-order valence-corrected chi connectivity index (χ4v) is 3.83. The summed E-state index contributed by atoms with van der Waals surface area (Å²) < 4.78 is 6.60. The summed E-state index contributed by atoms with van der Waals surface area (Å²) in [4.78, 5) is 1.33. The normalized spacial score (nSPS) is 12.4. The first kappa shape index (κ1) is 15.8. The van der Waals surface area contributed by atoms with Crippen molar-refractivity contribution in [3.63, 3.8) is 0 Å². The molecule has 20 heavy (non-hydrogen) atoms. The first-order valence-electron chi connectivity index (χ1n) is 6.43. The third kappa shape index (κ3) is 3.98. The van der Waals surface area contributed by atoms with Crippen molar-refractivity contribution in [2.24, 2.45) is 0 Å². The Morgan fingerprint density at radius 1 is 1.40 bits per heavy atom. The number of hydrogen-bond donors (Lipinski definition) is 1. The minimum absolute atomic E-state index is 0.220. The highest BCUT2D eigenvalue weighted by Crippen LogP contribution is 2.32. The summed E-state index contributed by atoms with van der Waals surface area (Å²) in [6, 6.07) is 8.20. The number of nitrogens with one attached hydrogen (secondary N) is 1. The van der Waals surface area contributed by atoms with E-state index in [1.165, 1.54) is 4.88 Å². The van der Waals surface area contributed by atoms with Crippen LogP contribution in [0.15, 0.2) is 34.1 Å². The largest absolute Gasteiger partial charge is 0.496 e. The zero-order valence-electron chi connectivity index (χ0n) is 11.5. The molecule has 0 amide bonds. The van der Waals surface area contributed by atoms with Crippen molar-refractivity contribution < 1.29 is 4.74 Å². The molecule has 2 rings (SSSR count). The summed E-state index contributed by atoms with van der Waals surface area (Å²) in [7, 11) is 1.68. The lowest BCUT2D eigenvalue weighted by molar-refractivity contribution is 0.399. The molecule has 5 heteroatoms. The standard InChI is InChI=1S/C15H17BrClNOS/c1-3-18-14(8-12-6-10(16)9-20-12)13-5-4-11(17)7-15(13)19-2/h4-7,9,14,18H,3,8H2,1-2H3. The van der Waals surface area contributed by atoms with E-state index in [1.54, 1.807) is 18.4 Å². The van der Waals surface area contributed by atoms with Gasteiger partial charge in [0.25, 0.3) is 0 Å². The molecule has 2 nitrogen and oxygen atoms in total. The van der Waals surface area contributed by atoms with E-state index < -0.39 is 0 Å². The Balaban J connectivity index is 2.28. The number of hydrogen-bond acceptors (Lipinski definition) is 3. The van der Waals surface area contributed by atoms with Crippen molar-refractivity contribution in [1.82, 2.24) is 5.32 Å². The number of thiophene rings is 1. The molecule has 0 aliphatic rings. The monoisotopic (exact) mass is 373 g/mol. The van der Waals surface area contributed by atoms with Crippen molar-refractivity contribution in [2.75, 3.05) is 13.7 Å². The summed E-state index contributed by atoms with van der Waals surface area (Å²) in [5.41, 5.74) is 1.14. The molecule has 0 aliphatic carbocycles. The van der Waals surface area contributed by atoms with Crippen LogP contribution >= 0.6 is 38.9 Å². The van der Waals surface area contributed by atoms with E-state index in [0.29, 0.717) is 5.02 Å². The summed E-state index contributed by atoms with van der Waals surface area (Å²) >= 11 is 11.3. The van der Waals surface area contributed by atoms with Crippen LogP contribution in [0.3, 0.4) is 0 Å². The highest BCUT2D eigenvalue weighted by Gasteiger charge is 2.17. The number of ether oxygens (including phenoxy) is 1. The van der Waals surface area contributed by atoms with Crippen LogP contribution in [0.2, 0.25) is 5.02 Å². The van der Waals surface area contributed by atoms with E-state index in [9.17, 15) is 0 Å². The van der Waals surface area contributed by atoms with Crippen LogP contribution in [0, 0.1) is 0 Å². The SMILES string of the molecule is CCNC(Cc1cc(Br)cs1)c1ccc(Cl)cc1OC. The topological polar surface area (TPSA) is 21.3 Å². The molecule has 108 valence electrons. The molecule has 1 heterocycles. The van der Waals surface area contributed by atoms with E-state index in [0.717, 1.165) is 28.8 Å². The Hall–Kier alpha value is -0.550. The summed E-state index contributed by atoms with van der Waals surface area (Å²) in [5, 5.41) is 6.32. The number of methoxy groups -OCH3 is 1. The Labute approximate surface area is 137 Å². The van der Waals surface area contributed by atoms with Crippen molar-refractivity contribution in [2.45, 2.75) is 19.4 Å². The molecule has 2 aromatic rings. The average Bonchev–Trinajstić information content (AvgIpc) is 2.83. The number of likely N-dealkylation sites (N-methyl/N-ethyl adjacent to an activating group) is 1. The van der Waals surface area contributed by atoms with E-state index in [1.807, 2.05) is 18.2 Å². The molecule has 0 fully saturated rings. The van der Waals surface area contributed by atoms with Crippen LogP contribution in [-0.4, -0.2) is 13.7 Å². The van der Waals surface area contributed by atoms with Gasteiger partial charge < -0.3 is 10.1 Å². The molecule has 1 aromatic heterocycles. The van der Waals surface area contributed by atoms with E-state index in [4.69, 9.17) is 16.3 Å². The van der Waals surface area contributed by atoms with Gasteiger partial charge in [-0.2, -0.15) is 0 Å². The first-order valence-corrected chi connectivity index (χ1v) is 8.48. The summed E-state index contributed by atoms with van der Waals surface area (Å²) in [6.07, 6.45) is 0.933. The van der Waals surface area contributed by atoms with Crippen molar-refractivity contribution in [1.29, 1.82) is 0 Å². The maximum atomic E-state index is 6.04. The molecule has 0 spiro atoms. The van der Waals surface area contributed by atoms with Gasteiger partial charge in [0.15, 0.2) is 0 Å². The molecule has 0 bridgehead atoms. The molecule has 1 aromatic carbocycles. The van der Waals surface area contributed by atoms with Gasteiger partial charge in [-0.1, -0.05) is 24.6 Å². The molecule has 0 saturated carbocycles. The third-order valence-electron chi connectivity index (χ3n) is 3.05. The maximum absolute atomic E-state index is 6.04. The zero-order chi connectivity index (χ0) is 14.5. The second-order valence-corrected chi connectivity index (χ2v) is 6.78. The van der Waals surface area contributed by atoms with Crippen LogP contribution in [0.1, 0.15) is 23.4 Å². The van der Waals surface area contributed by atoms with Crippen LogP contribution in [0.4, 0.5) is 0 Å². The van der Waals surface area contributed by atoms with Crippen molar-refractivity contribution in [3.8, 4) is 5.75 Å². The quantitative estimate of drug-likeness (QED) is 0.762. The molecule has 0 aliphatic heterocycles. The molecular formula is C15H17BrClNOS. The van der Waals surface area contributed by atoms with E-state index >= 15 is 0 Å². The lowest BCUT2D eigenvalue weighted by atomic mass is 10.0. The van der Waals surface area contributed by atoms with Gasteiger partial charge in [-0.25, -0.2) is 0 Å². The van der Waals surface area contributed by atoms with Crippen molar-refractivity contribution in [3.05, 3.63) is 49.6 Å². The average molecular weight is 375 g/mol. The maximum Gasteiger partial charge on any atom is 0.125 e. The van der Waals surface area contributed by atoms with Crippen molar-refractivity contribution >= 4 is 38.9 Å². The van der Waals surface area contributed by atoms with Gasteiger partial charge in [0.2, 0.25) is 0 Å². The fourth-order valence-electron chi connectivity index (χ4n) is 2.17. The molecule has 1 atom stereocenters. The predicted molar refractivity (Wildman–Crippen MR) is 90.1 cm³/mol. The smallest absolute Gasteiger partial charge is 0.125 e. The minimum atomic E-state index is 0.220. The minimum Gasteiger partial charge on any atom is -0.496 e. The van der Waals surface area contributed by atoms with Crippen LogP contribution in [-0.2, 0) is 6.42 Å².